The van der Waals surface area contributed by atoms with Gasteiger partial charge in [-0.1, -0.05) is 6.42 Å². The van der Waals surface area contributed by atoms with Gasteiger partial charge in [0.05, 0.1) is 0 Å². The van der Waals surface area contributed by atoms with Crippen molar-refractivity contribution in [1.29, 1.82) is 0 Å². The molecule has 3 atom stereocenters. The van der Waals surface area contributed by atoms with Gasteiger partial charge in [-0.05, 0) is 31.7 Å². The van der Waals surface area contributed by atoms with Crippen LogP contribution in [0.5, 0.6) is 0 Å². The highest BCUT2D eigenvalue weighted by atomic mass is 15.0. The molecule has 0 aromatic heterocycles. The Morgan fingerprint density at radius 1 is 1.30 bits per heavy atom. The molecule has 0 radical (unpaired) electrons. The lowest BCUT2D eigenvalue weighted by Crippen LogP contribution is -2.37. The van der Waals surface area contributed by atoms with E-state index >= 15 is 0 Å². The Morgan fingerprint density at radius 3 is 2.60 bits per heavy atom. The van der Waals surface area contributed by atoms with Gasteiger partial charge in [-0.2, -0.15) is 0 Å². The molecule has 2 aliphatic rings. The Hall–Kier alpha value is -0.0800. The van der Waals surface area contributed by atoms with E-state index in [1.54, 1.807) is 0 Å². The zero-order chi connectivity index (χ0) is 6.97. The van der Waals surface area contributed by atoms with Crippen molar-refractivity contribution in [1.82, 2.24) is 5.32 Å². The van der Waals surface area contributed by atoms with Crippen LogP contribution in [-0.2, 0) is 0 Å². The van der Waals surface area contributed by atoms with Gasteiger partial charge in [0.15, 0.2) is 0 Å². The van der Waals surface area contributed by atoms with E-state index in [0.29, 0.717) is 6.04 Å². The Balaban J connectivity index is 1.81. The summed E-state index contributed by atoms with van der Waals surface area (Å²) in [6, 6.07) is 1.29. The molecule has 0 bridgehead atoms. The molecule has 2 heteroatoms. The zero-order valence-electron chi connectivity index (χ0n) is 6.34. The highest BCUT2D eigenvalue weighted by Gasteiger charge is 2.40. The van der Waals surface area contributed by atoms with Gasteiger partial charge < -0.3 is 11.1 Å². The smallest absolute Gasteiger partial charge is 0.0111 e. The molecule has 2 nitrogen and oxygen atoms in total. The Kier molecular flexibility index (Phi) is 1.66. The first-order valence-electron chi connectivity index (χ1n) is 4.37. The summed E-state index contributed by atoms with van der Waals surface area (Å²) < 4.78 is 0. The number of piperidine rings is 1. The highest BCUT2D eigenvalue weighted by Crippen LogP contribution is 2.34. The van der Waals surface area contributed by atoms with E-state index in [1.807, 2.05) is 0 Å². The van der Waals surface area contributed by atoms with E-state index in [0.717, 1.165) is 12.0 Å². The van der Waals surface area contributed by atoms with Crippen LogP contribution >= 0.6 is 0 Å². The van der Waals surface area contributed by atoms with Gasteiger partial charge in [-0.25, -0.2) is 0 Å². The van der Waals surface area contributed by atoms with Gasteiger partial charge >= 0.3 is 0 Å². The summed E-state index contributed by atoms with van der Waals surface area (Å²) in [5.74, 6) is 0.820. The van der Waals surface area contributed by atoms with Crippen LogP contribution in [0.25, 0.3) is 0 Å². The maximum absolute atomic E-state index is 5.76. The fourth-order valence-corrected chi connectivity index (χ4v) is 1.94. The summed E-state index contributed by atoms with van der Waals surface area (Å²) in [4.78, 5) is 0. The molecular formula is C8H16N2. The van der Waals surface area contributed by atoms with Crippen LogP contribution in [0.4, 0.5) is 0 Å². The predicted octanol–water partition coefficient (Wildman–Crippen LogP) is 0.476. The first-order valence-corrected chi connectivity index (χ1v) is 4.37. The lowest BCUT2D eigenvalue weighted by molar-refractivity contribution is 0.364. The second-order valence-corrected chi connectivity index (χ2v) is 3.62. The molecule has 0 aromatic rings. The maximum atomic E-state index is 5.76. The molecule has 1 heterocycles. The Morgan fingerprint density at radius 2 is 2.10 bits per heavy atom. The lowest BCUT2D eigenvalue weighted by Gasteiger charge is -2.23. The van der Waals surface area contributed by atoms with Gasteiger partial charge in [0.2, 0.25) is 0 Å². The molecule has 0 spiro atoms. The SMILES string of the molecule is NC1CC1C1CCCCN1. The van der Waals surface area contributed by atoms with Crippen molar-refractivity contribution in [2.24, 2.45) is 11.7 Å². The average Bonchev–Trinajstić information content (AvgIpc) is 2.69. The molecule has 58 valence electrons. The van der Waals surface area contributed by atoms with E-state index in [9.17, 15) is 0 Å². The van der Waals surface area contributed by atoms with Crippen molar-refractivity contribution >= 4 is 0 Å². The lowest BCUT2D eigenvalue weighted by atomic mass is 10.0. The van der Waals surface area contributed by atoms with Crippen molar-refractivity contribution in [3.05, 3.63) is 0 Å². The third-order valence-corrected chi connectivity index (χ3v) is 2.76. The minimum atomic E-state index is 0.524. The van der Waals surface area contributed by atoms with Crippen LogP contribution in [0, 0.1) is 5.92 Å². The van der Waals surface area contributed by atoms with Crippen molar-refractivity contribution < 1.29 is 0 Å². The first kappa shape index (κ1) is 6.62. The number of hydrogen-bond acceptors (Lipinski definition) is 2. The third-order valence-electron chi connectivity index (χ3n) is 2.76. The van der Waals surface area contributed by atoms with Crippen LogP contribution in [0.3, 0.4) is 0 Å². The van der Waals surface area contributed by atoms with E-state index in [-0.39, 0.29) is 0 Å². The van der Waals surface area contributed by atoms with Crippen LogP contribution in [-0.4, -0.2) is 18.6 Å². The molecule has 1 aliphatic heterocycles. The minimum Gasteiger partial charge on any atom is -0.327 e. The number of nitrogens with two attached hydrogens (primary N) is 1. The normalized spacial score (nSPS) is 47.1. The molecule has 1 saturated heterocycles. The quantitative estimate of drug-likeness (QED) is 0.556. The van der Waals surface area contributed by atoms with Crippen LogP contribution in [0.15, 0.2) is 0 Å². The standard InChI is InChI=1S/C8H16N2/c9-7-5-6(7)8-3-1-2-4-10-8/h6-8,10H,1-5,9H2. The van der Waals surface area contributed by atoms with Crippen molar-refractivity contribution in [3.8, 4) is 0 Å². The summed E-state index contributed by atoms with van der Waals surface area (Å²) in [6.45, 7) is 1.22. The van der Waals surface area contributed by atoms with Gasteiger partial charge in [0.25, 0.3) is 0 Å². The van der Waals surface area contributed by atoms with E-state index in [2.05, 4.69) is 5.32 Å². The molecule has 3 N–H and O–H groups in total. The highest BCUT2D eigenvalue weighted by molar-refractivity contribution is 4.98. The van der Waals surface area contributed by atoms with Gasteiger partial charge in [-0.15, -0.1) is 0 Å². The van der Waals surface area contributed by atoms with E-state index in [4.69, 9.17) is 5.73 Å². The van der Waals surface area contributed by atoms with Crippen molar-refractivity contribution in [2.45, 2.75) is 37.8 Å². The molecule has 0 aromatic carbocycles. The molecule has 2 rings (SSSR count). The average molecular weight is 140 g/mol. The third kappa shape index (κ3) is 1.18. The number of nitrogens with one attached hydrogen (secondary N) is 1. The van der Waals surface area contributed by atoms with Crippen LogP contribution in [0.2, 0.25) is 0 Å². The van der Waals surface area contributed by atoms with Gasteiger partial charge in [-0.3, -0.25) is 0 Å². The summed E-state index contributed by atoms with van der Waals surface area (Å²) in [5.41, 5.74) is 5.76. The molecule has 0 amide bonds. The second-order valence-electron chi connectivity index (χ2n) is 3.62. The van der Waals surface area contributed by atoms with Gasteiger partial charge in [0, 0.05) is 12.1 Å². The molecule has 2 fully saturated rings. The second kappa shape index (κ2) is 2.51. The van der Waals surface area contributed by atoms with Crippen LogP contribution < -0.4 is 11.1 Å². The monoisotopic (exact) mass is 140 g/mol. The number of hydrogen-bond donors (Lipinski definition) is 2. The Bertz CT molecular complexity index is 118. The van der Waals surface area contributed by atoms with E-state index in [1.165, 1.54) is 32.2 Å². The van der Waals surface area contributed by atoms with E-state index < -0.39 is 0 Å². The summed E-state index contributed by atoms with van der Waals surface area (Å²) in [7, 11) is 0. The molecule has 1 saturated carbocycles. The van der Waals surface area contributed by atoms with Crippen molar-refractivity contribution in [3.63, 3.8) is 0 Å². The van der Waals surface area contributed by atoms with Gasteiger partial charge in [0.1, 0.15) is 0 Å². The number of rotatable bonds is 1. The summed E-state index contributed by atoms with van der Waals surface area (Å²) in [5, 5.41) is 3.53. The Labute approximate surface area is 62.2 Å². The first-order chi connectivity index (χ1) is 4.88. The fourth-order valence-electron chi connectivity index (χ4n) is 1.94. The molecule has 3 unspecified atom stereocenters. The maximum Gasteiger partial charge on any atom is 0.0111 e. The zero-order valence-corrected chi connectivity index (χ0v) is 6.34. The van der Waals surface area contributed by atoms with Crippen molar-refractivity contribution in [2.75, 3.05) is 6.54 Å². The molecule has 10 heavy (non-hydrogen) atoms. The fraction of sp³-hybridized carbons (Fsp3) is 1.00. The minimum absolute atomic E-state index is 0.524. The summed E-state index contributed by atoms with van der Waals surface area (Å²) in [6.07, 6.45) is 5.38. The molecule has 1 aliphatic carbocycles. The largest absolute Gasteiger partial charge is 0.327 e. The topological polar surface area (TPSA) is 38.0 Å². The predicted molar refractivity (Wildman–Crippen MR) is 41.7 cm³/mol. The summed E-state index contributed by atoms with van der Waals surface area (Å²) >= 11 is 0. The van der Waals surface area contributed by atoms with Crippen LogP contribution in [0.1, 0.15) is 25.7 Å². The molecular weight excluding hydrogens is 124 g/mol.